The van der Waals surface area contributed by atoms with E-state index in [4.69, 9.17) is 4.52 Å². The van der Waals surface area contributed by atoms with Crippen LogP contribution in [-0.2, 0) is 13.1 Å². The number of aromatic nitrogens is 4. The molecular weight excluding hydrogens is 320 g/mol. The fourth-order valence-electron chi connectivity index (χ4n) is 3.24. The Morgan fingerprint density at radius 2 is 2.24 bits per heavy atom. The molecule has 8 heteroatoms. The first-order chi connectivity index (χ1) is 12.0. The van der Waals surface area contributed by atoms with E-state index in [0.717, 1.165) is 25.3 Å². The first-order valence-electron chi connectivity index (χ1n) is 8.92. The van der Waals surface area contributed by atoms with Crippen LogP contribution in [0, 0.1) is 0 Å². The standard InChI is InChI=1S/C17H28N6O2/c1-13(2)17-19-16(20-25-17)12-21(3)14-5-8-22(9-14)10-15(24)11-23-7-4-6-18-23/h4,6-7,13-15,24H,5,8-12H2,1-3H3/t14-,15+/m0/s1. The number of hydrogen-bond donors (Lipinski definition) is 1. The highest BCUT2D eigenvalue weighted by Gasteiger charge is 2.27. The van der Waals surface area contributed by atoms with Crippen LogP contribution in [0.4, 0.5) is 0 Å². The lowest BCUT2D eigenvalue weighted by molar-refractivity contribution is 0.101. The molecule has 2 atom stereocenters. The summed E-state index contributed by atoms with van der Waals surface area (Å²) in [7, 11) is 2.10. The number of nitrogens with zero attached hydrogens (tertiary/aromatic N) is 6. The lowest BCUT2D eigenvalue weighted by Crippen LogP contribution is -2.37. The highest BCUT2D eigenvalue weighted by molar-refractivity contribution is 4.92. The molecule has 25 heavy (non-hydrogen) atoms. The van der Waals surface area contributed by atoms with Gasteiger partial charge in [-0.2, -0.15) is 10.1 Å². The van der Waals surface area contributed by atoms with Gasteiger partial charge < -0.3 is 9.63 Å². The van der Waals surface area contributed by atoms with Gasteiger partial charge in [0.05, 0.1) is 19.2 Å². The molecule has 0 amide bonds. The summed E-state index contributed by atoms with van der Waals surface area (Å²) in [5, 5.41) is 18.5. The fraction of sp³-hybridized carbons (Fsp3) is 0.706. The van der Waals surface area contributed by atoms with Gasteiger partial charge in [0, 0.05) is 37.4 Å². The second-order valence-electron chi connectivity index (χ2n) is 7.20. The Bertz CT molecular complexity index is 641. The number of rotatable bonds is 8. The molecule has 0 aliphatic carbocycles. The number of aliphatic hydroxyl groups excluding tert-OH is 1. The second-order valence-corrected chi connectivity index (χ2v) is 7.20. The van der Waals surface area contributed by atoms with Crippen molar-refractivity contribution in [2.75, 3.05) is 26.7 Å². The maximum absolute atomic E-state index is 10.2. The Hall–Kier alpha value is -1.77. The lowest BCUT2D eigenvalue weighted by Gasteiger charge is -2.24. The van der Waals surface area contributed by atoms with Crippen LogP contribution in [0.25, 0.3) is 0 Å². The minimum absolute atomic E-state index is 0.254. The minimum atomic E-state index is -0.408. The topological polar surface area (TPSA) is 83.5 Å². The van der Waals surface area contributed by atoms with Gasteiger partial charge in [-0.05, 0) is 26.1 Å². The summed E-state index contributed by atoms with van der Waals surface area (Å²) in [5.41, 5.74) is 0. The van der Waals surface area contributed by atoms with Gasteiger partial charge in [0.15, 0.2) is 5.82 Å². The van der Waals surface area contributed by atoms with E-state index in [0.29, 0.717) is 31.6 Å². The molecule has 0 radical (unpaired) electrons. The zero-order chi connectivity index (χ0) is 17.8. The van der Waals surface area contributed by atoms with Crippen molar-refractivity contribution >= 4 is 0 Å². The van der Waals surface area contributed by atoms with Crippen molar-refractivity contribution in [2.45, 2.75) is 51.4 Å². The van der Waals surface area contributed by atoms with Crippen LogP contribution in [0.2, 0.25) is 0 Å². The Labute approximate surface area is 148 Å². The molecule has 2 aromatic heterocycles. The number of hydrogen-bond acceptors (Lipinski definition) is 7. The fourth-order valence-corrected chi connectivity index (χ4v) is 3.24. The third-order valence-corrected chi connectivity index (χ3v) is 4.67. The van der Waals surface area contributed by atoms with Crippen LogP contribution in [0.5, 0.6) is 0 Å². The molecule has 3 heterocycles. The summed E-state index contributed by atoms with van der Waals surface area (Å²) in [5.74, 6) is 1.69. The van der Waals surface area contributed by atoms with Crippen LogP contribution >= 0.6 is 0 Å². The molecule has 2 aromatic rings. The molecule has 1 fully saturated rings. The molecule has 138 valence electrons. The highest BCUT2D eigenvalue weighted by Crippen LogP contribution is 2.17. The molecule has 8 nitrogen and oxygen atoms in total. The Balaban J connectivity index is 1.44. The Morgan fingerprint density at radius 1 is 1.40 bits per heavy atom. The molecule has 0 bridgehead atoms. The highest BCUT2D eigenvalue weighted by atomic mass is 16.5. The predicted molar refractivity (Wildman–Crippen MR) is 92.9 cm³/mol. The average Bonchev–Trinajstić information content (AvgIpc) is 3.28. The van der Waals surface area contributed by atoms with Crippen molar-refractivity contribution in [3.8, 4) is 0 Å². The van der Waals surface area contributed by atoms with E-state index < -0.39 is 6.10 Å². The van der Waals surface area contributed by atoms with E-state index in [1.54, 1.807) is 10.9 Å². The van der Waals surface area contributed by atoms with Gasteiger partial charge in [-0.3, -0.25) is 14.5 Å². The smallest absolute Gasteiger partial charge is 0.229 e. The minimum Gasteiger partial charge on any atom is -0.390 e. The van der Waals surface area contributed by atoms with Crippen LogP contribution in [-0.4, -0.2) is 73.7 Å². The van der Waals surface area contributed by atoms with Crippen LogP contribution in [0.15, 0.2) is 23.0 Å². The average molecular weight is 348 g/mol. The van der Waals surface area contributed by atoms with Crippen LogP contribution < -0.4 is 0 Å². The lowest BCUT2D eigenvalue weighted by atomic mass is 10.2. The van der Waals surface area contributed by atoms with Crippen molar-refractivity contribution in [2.24, 2.45) is 0 Å². The molecule has 1 aliphatic rings. The van der Waals surface area contributed by atoms with E-state index >= 15 is 0 Å². The summed E-state index contributed by atoms with van der Waals surface area (Å²) in [6.07, 6.45) is 4.28. The molecule has 1 aliphatic heterocycles. The quantitative estimate of drug-likeness (QED) is 0.760. The number of aliphatic hydroxyl groups is 1. The maximum Gasteiger partial charge on any atom is 0.229 e. The van der Waals surface area contributed by atoms with Gasteiger partial charge in [-0.25, -0.2) is 0 Å². The molecule has 1 saturated heterocycles. The summed E-state index contributed by atoms with van der Waals surface area (Å²) in [6.45, 7) is 7.92. The van der Waals surface area contributed by atoms with Gasteiger partial charge in [0.25, 0.3) is 0 Å². The van der Waals surface area contributed by atoms with E-state index in [9.17, 15) is 5.11 Å². The first-order valence-corrected chi connectivity index (χ1v) is 8.92. The summed E-state index contributed by atoms with van der Waals surface area (Å²) in [4.78, 5) is 9.03. The zero-order valence-corrected chi connectivity index (χ0v) is 15.2. The SMILES string of the molecule is CC(C)c1nc(CN(C)[C@H]2CCN(C[C@@H](O)Cn3cccn3)C2)no1. The Kier molecular flexibility index (Phi) is 5.82. The number of β-amino-alcohol motifs (C(OH)–C–C–N with tert-alkyl or cyclic N) is 1. The predicted octanol–water partition coefficient (Wildman–Crippen LogP) is 0.957. The van der Waals surface area contributed by atoms with Gasteiger partial charge in [-0.15, -0.1) is 0 Å². The molecule has 1 N–H and O–H groups in total. The van der Waals surface area contributed by atoms with Crippen molar-refractivity contribution < 1.29 is 9.63 Å². The summed E-state index contributed by atoms with van der Waals surface area (Å²) >= 11 is 0. The first kappa shape index (κ1) is 18.0. The monoisotopic (exact) mass is 348 g/mol. The maximum atomic E-state index is 10.2. The number of likely N-dealkylation sites (tertiary alicyclic amines) is 1. The van der Waals surface area contributed by atoms with E-state index in [1.807, 2.05) is 26.1 Å². The summed E-state index contributed by atoms with van der Waals surface area (Å²) < 4.78 is 7.04. The van der Waals surface area contributed by atoms with Gasteiger partial charge in [0.1, 0.15) is 0 Å². The third-order valence-electron chi connectivity index (χ3n) is 4.67. The molecule has 0 unspecified atom stereocenters. The summed E-state index contributed by atoms with van der Waals surface area (Å²) in [6, 6.07) is 2.31. The van der Waals surface area contributed by atoms with Crippen LogP contribution in [0.1, 0.15) is 37.9 Å². The normalized spacial score (nSPS) is 20.0. The van der Waals surface area contributed by atoms with Gasteiger partial charge in [0.2, 0.25) is 5.89 Å². The van der Waals surface area contributed by atoms with Crippen LogP contribution in [0.3, 0.4) is 0 Å². The zero-order valence-electron chi connectivity index (χ0n) is 15.2. The van der Waals surface area contributed by atoms with Gasteiger partial charge in [-0.1, -0.05) is 19.0 Å². The van der Waals surface area contributed by atoms with E-state index in [1.165, 1.54) is 0 Å². The molecular formula is C17H28N6O2. The molecule has 0 saturated carbocycles. The largest absolute Gasteiger partial charge is 0.390 e. The molecule has 3 rings (SSSR count). The van der Waals surface area contributed by atoms with Crippen molar-refractivity contribution in [1.29, 1.82) is 0 Å². The van der Waals surface area contributed by atoms with E-state index in [2.05, 4.69) is 32.1 Å². The van der Waals surface area contributed by atoms with Crippen molar-refractivity contribution in [3.05, 3.63) is 30.2 Å². The molecule has 0 spiro atoms. The van der Waals surface area contributed by atoms with Crippen molar-refractivity contribution in [3.63, 3.8) is 0 Å². The number of likely N-dealkylation sites (N-methyl/N-ethyl adjacent to an activating group) is 1. The van der Waals surface area contributed by atoms with Crippen molar-refractivity contribution in [1.82, 2.24) is 29.7 Å². The van der Waals surface area contributed by atoms with E-state index in [-0.39, 0.29) is 5.92 Å². The second kappa shape index (κ2) is 8.07. The van der Waals surface area contributed by atoms with Gasteiger partial charge >= 0.3 is 0 Å². The Morgan fingerprint density at radius 3 is 2.92 bits per heavy atom. The molecule has 0 aromatic carbocycles. The third kappa shape index (κ3) is 4.87.